The monoisotopic (exact) mass is 376 g/mol. The molecule has 7 nitrogen and oxygen atoms in total. The standard InChI is InChI=1S/C17H17FN4O3S/c1-10(2)22-12(7-8-19-22)16(24)20-17-21(9-14(23)25-3)15-11(18)5-4-6-13(15)26-17/h4-8,10H,9H2,1-3H3. The summed E-state index contributed by atoms with van der Waals surface area (Å²) in [6.45, 7) is 3.55. The maximum absolute atomic E-state index is 14.3. The molecule has 0 unspecified atom stereocenters. The SMILES string of the molecule is COC(=O)Cn1c(=NC(=O)c2ccnn2C(C)C)sc2cccc(F)c21. The Balaban J connectivity index is 2.17. The molecule has 0 saturated heterocycles. The number of thiazole rings is 1. The molecule has 2 aromatic heterocycles. The summed E-state index contributed by atoms with van der Waals surface area (Å²) in [5, 5.41) is 4.12. The van der Waals surface area contributed by atoms with Crippen LogP contribution in [0, 0.1) is 5.82 Å². The van der Waals surface area contributed by atoms with Crippen LogP contribution in [0.25, 0.3) is 10.2 Å². The highest BCUT2D eigenvalue weighted by molar-refractivity contribution is 7.16. The highest BCUT2D eigenvalue weighted by Crippen LogP contribution is 2.20. The second kappa shape index (κ2) is 7.20. The molecule has 0 fully saturated rings. The van der Waals surface area contributed by atoms with Gasteiger partial charge in [-0.3, -0.25) is 14.3 Å². The smallest absolute Gasteiger partial charge is 0.325 e. The van der Waals surface area contributed by atoms with Gasteiger partial charge in [-0.05, 0) is 32.0 Å². The largest absolute Gasteiger partial charge is 0.468 e. The number of esters is 1. The van der Waals surface area contributed by atoms with Crippen LogP contribution >= 0.6 is 11.3 Å². The average molecular weight is 376 g/mol. The topological polar surface area (TPSA) is 78.5 Å². The Morgan fingerprint density at radius 2 is 2.12 bits per heavy atom. The number of fused-ring (bicyclic) bond motifs is 1. The summed E-state index contributed by atoms with van der Waals surface area (Å²) < 4.78 is 22.5. The fourth-order valence-electron chi connectivity index (χ4n) is 2.55. The van der Waals surface area contributed by atoms with Gasteiger partial charge in [-0.15, -0.1) is 0 Å². The molecule has 0 N–H and O–H groups in total. The van der Waals surface area contributed by atoms with Crippen LogP contribution in [0.4, 0.5) is 4.39 Å². The normalized spacial score (nSPS) is 12.1. The van der Waals surface area contributed by atoms with Crippen LogP contribution in [0.15, 0.2) is 35.5 Å². The molecular weight excluding hydrogens is 359 g/mol. The van der Waals surface area contributed by atoms with E-state index in [4.69, 9.17) is 0 Å². The maximum atomic E-state index is 14.3. The Morgan fingerprint density at radius 1 is 1.35 bits per heavy atom. The van der Waals surface area contributed by atoms with Crippen LogP contribution in [0.2, 0.25) is 0 Å². The van der Waals surface area contributed by atoms with Crippen molar-refractivity contribution in [1.29, 1.82) is 0 Å². The Morgan fingerprint density at radius 3 is 2.81 bits per heavy atom. The first kappa shape index (κ1) is 18.0. The summed E-state index contributed by atoms with van der Waals surface area (Å²) in [4.78, 5) is 28.7. The van der Waals surface area contributed by atoms with Gasteiger partial charge in [-0.1, -0.05) is 17.4 Å². The predicted octanol–water partition coefficient (Wildman–Crippen LogP) is 2.53. The van der Waals surface area contributed by atoms with Crippen molar-refractivity contribution in [2.75, 3.05) is 7.11 Å². The van der Waals surface area contributed by atoms with Crippen molar-refractivity contribution in [3.05, 3.63) is 46.8 Å². The molecule has 2 heterocycles. The number of rotatable bonds is 4. The molecule has 1 amide bonds. The fraction of sp³-hybridized carbons (Fsp3) is 0.294. The summed E-state index contributed by atoms with van der Waals surface area (Å²) in [6.07, 6.45) is 1.52. The molecule has 9 heteroatoms. The average Bonchev–Trinajstić information content (AvgIpc) is 3.21. The van der Waals surface area contributed by atoms with Crippen molar-refractivity contribution in [3.63, 3.8) is 0 Å². The van der Waals surface area contributed by atoms with E-state index in [1.165, 1.54) is 23.9 Å². The lowest BCUT2D eigenvalue weighted by atomic mass is 10.3. The van der Waals surface area contributed by atoms with Crippen LogP contribution in [-0.4, -0.2) is 33.3 Å². The van der Waals surface area contributed by atoms with E-state index in [1.54, 1.807) is 22.9 Å². The molecule has 0 saturated carbocycles. The maximum Gasteiger partial charge on any atom is 0.325 e. The number of para-hydroxylation sites is 1. The molecule has 0 atom stereocenters. The van der Waals surface area contributed by atoms with E-state index in [-0.39, 0.29) is 22.9 Å². The summed E-state index contributed by atoms with van der Waals surface area (Å²) >= 11 is 1.13. The van der Waals surface area contributed by atoms with Crippen LogP contribution in [-0.2, 0) is 16.1 Å². The van der Waals surface area contributed by atoms with Gasteiger partial charge in [0, 0.05) is 12.2 Å². The Bertz CT molecular complexity index is 1050. The van der Waals surface area contributed by atoms with E-state index in [1.807, 2.05) is 13.8 Å². The first-order valence-electron chi connectivity index (χ1n) is 7.89. The second-order valence-corrected chi connectivity index (χ2v) is 6.81. The third-order valence-corrected chi connectivity index (χ3v) is 4.79. The third-order valence-electron chi connectivity index (χ3n) is 3.74. The molecule has 3 rings (SSSR count). The molecule has 0 spiro atoms. The lowest BCUT2D eigenvalue weighted by molar-refractivity contribution is -0.141. The fourth-order valence-corrected chi connectivity index (χ4v) is 3.59. The minimum Gasteiger partial charge on any atom is -0.468 e. The molecule has 3 aromatic rings. The van der Waals surface area contributed by atoms with Crippen LogP contribution in [0.3, 0.4) is 0 Å². The Labute approximate surface area is 152 Å². The zero-order valence-electron chi connectivity index (χ0n) is 14.5. The lowest BCUT2D eigenvalue weighted by Gasteiger charge is -2.08. The number of hydrogen-bond acceptors (Lipinski definition) is 5. The van der Waals surface area contributed by atoms with Gasteiger partial charge in [0.2, 0.25) is 0 Å². The van der Waals surface area contributed by atoms with E-state index in [0.717, 1.165) is 11.3 Å². The van der Waals surface area contributed by atoms with Crippen molar-refractivity contribution >= 4 is 33.4 Å². The number of nitrogens with zero attached hydrogens (tertiary/aromatic N) is 4. The van der Waals surface area contributed by atoms with Gasteiger partial charge in [0.15, 0.2) is 4.80 Å². The van der Waals surface area contributed by atoms with Gasteiger partial charge >= 0.3 is 5.97 Å². The zero-order valence-corrected chi connectivity index (χ0v) is 15.3. The number of amides is 1. The third kappa shape index (κ3) is 3.30. The predicted molar refractivity (Wildman–Crippen MR) is 94.3 cm³/mol. The summed E-state index contributed by atoms with van der Waals surface area (Å²) in [5.41, 5.74) is 0.536. The van der Waals surface area contributed by atoms with Crippen molar-refractivity contribution in [2.45, 2.75) is 26.4 Å². The number of carbonyl (C=O) groups is 2. The van der Waals surface area contributed by atoms with Gasteiger partial charge in [-0.2, -0.15) is 10.1 Å². The molecule has 1 aromatic carbocycles. The Hall–Kier alpha value is -2.81. The molecular formula is C17H17FN4O3S. The van der Waals surface area contributed by atoms with Crippen molar-refractivity contribution in [3.8, 4) is 0 Å². The first-order valence-corrected chi connectivity index (χ1v) is 8.71. The number of aromatic nitrogens is 3. The van der Waals surface area contributed by atoms with Gasteiger partial charge in [0.1, 0.15) is 18.1 Å². The van der Waals surface area contributed by atoms with Crippen LogP contribution in [0.1, 0.15) is 30.4 Å². The minimum atomic E-state index is -0.561. The van der Waals surface area contributed by atoms with Crippen molar-refractivity contribution in [2.24, 2.45) is 4.99 Å². The molecule has 26 heavy (non-hydrogen) atoms. The number of carbonyl (C=O) groups excluding carboxylic acids is 2. The molecule has 0 aliphatic rings. The van der Waals surface area contributed by atoms with E-state index in [9.17, 15) is 14.0 Å². The van der Waals surface area contributed by atoms with E-state index >= 15 is 0 Å². The Kier molecular flexibility index (Phi) is 4.99. The summed E-state index contributed by atoms with van der Waals surface area (Å²) in [5.74, 6) is -1.57. The minimum absolute atomic E-state index is 0.0128. The van der Waals surface area contributed by atoms with Gasteiger partial charge < -0.3 is 9.30 Å². The van der Waals surface area contributed by atoms with Crippen molar-refractivity contribution in [1.82, 2.24) is 14.3 Å². The highest BCUT2D eigenvalue weighted by atomic mass is 32.1. The number of hydrogen-bond donors (Lipinski definition) is 0. The van der Waals surface area contributed by atoms with Gasteiger partial charge in [-0.25, -0.2) is 4.39 Å². The lowest BCUT2D eigenvalue weighted by Crippen LogP contribution is -2.23. The summed E-state index contributed by atoms with van der Waals surface area (Å²) in [7, 11) is 1.25. The van der Waals surface area contributed by atoms with Gasteiger partial charge in [0.05, 0.1) is 17.3 Å². The van der Waals surface area contributed by atoms with Crippen LogP contribution in [0.5, 0.6) is 0 Å². The molecule has 0 radical (unpaired) electrons. The molecule has 136 valence electrons. The number of halogens is 1. The van der Waals surface area contributed by atoms with E-state index in [0.29, 0.717) is 10.4 Å². The first-order chi connectivity index (χ1) is 12.4. The van der Waals surface area contributed by atoms with Crippen molar-refractivity contribution < 1.29 is 18.7 Å². The quantitative estimate of drug-likeness (QED) is 0.656. The van der Waals surface area contributed by atoms with Crippen LogP contribution < -0.4 is 4.80 Å². The zero-order chi connectivity index (χ0) is 18.8. The second-order valence-electron chi connectivity index (χ2n) is 5.81. The van der Waals surface area contributed by atoms with E-state index < -0.39 is 17.7 Å². The van der Waals surface area contributed by atoms with Gasteiger partial charge in [0.25, 0.3) is 5.91 Å². The van der Waals surface area contributed by atoms with E-state index in [2.05, 4.69) is 14.8 Å². The summed E-state index contributed by atoms with van der Waals surface area (Å²) in [6, 6.07) is 6.13. The molecule has 0 aliphatic heterocycles. The highest BCUT2D eigenvalue weighted by Gasteiger charge is 2.17. The number of methoxy groups -OCH3 is 1. The molecule has 0 bridgehead atoms. The number of benzene rings is 1. The molecule has 0 aliphatic carbocycles. The number of ether oxygens (including phenoxy) is 1.